The Labute approximate surface area is 112 Å². The van der Waals surface area contributed by atoms with E-state index in [2.05, 4.69) is 13.8 Å². The first kappa shape index (κ1) is 15.2. The Balaban J connectivity index is 2.34. The number of carbonyl (C=O) groups excluding carboxylic acids is 1. The number of carboxylic acids is 1. The maximum absolute atomic E-state index is 11.4. The summed E-state index contributed by atoms with van der Waals surface area (Å²) in [5.41, 5.74) is 0.146. The minimum Gasteiger partial charge on any atom is -0.478 e. The molecule has 0 aromatic heterocycles. The van der Waals surface area contributed by atoms with E-state index in [0.717, 1.165) is 6.42 Å². The van der Waals surface area contributed by atoms with Gasteiger partial charge in [-0.3, -0.25) is 0 Å². The van der Waals surface area contributed by atoms with Gasteiger partial charge >= 0.3 is 11.9 Å². The number of rotatable bonds is 7. The lowest BCUT2D eigenvalue weighted by molar-refractivity contribution is -0.139. The summed E-state index contributed by atoms with van der Waals surface area (Å²) >= 11 is 0. The smallest absolute Gasteiger partial charge is 0.337 e. The molecule has 5 heteroatoms. The second-order valence-corrected chi connectivity index (χ2v) is 4.54. The summed E-state index contributed by atoms with van der Waals surface area (Å²) in [5, 5.41) is 8.72. The predicted octanol–water partition coefficient (Wildman–Crippen LogP) is 2.35. The molecule has 0 bridgehead atoms. The van der Waals surface area contributed by atoms with Gasteiger partial charge < -0.3 is 14.6 Å². The molecule has 0 aliphatic heterocycles. The minimum absolute atomic E-state index is 0.104. The van der Waals surface area contributed by atoms with Gasteiger partial charge in [0.15, 0.2) is 0 Å². The number of carboxylic acid groups (broad SMARTS) is 1. The van der Waals surface area contributed by atoms with Gasteiger partial charge in [0.2, 0.25) is 0 Å². The summed E-state index contributed by atoms with van der Waals surface area (Å²) in [6.07, 6.45) is 0.889. The molecule has 0 heterocycles. The van der Waals surface area contributed by atoms with E-state index in [1.807, 2.05) is 0 Å². The molecule has 19 heavy (non-hydrogen) atoms. The Bertz CT molecular complexity index is 422. The van der Waals surface area contributed by atoms with Crippen LogP contribution in [-0.4, -0.2) is 30.3 Å². The first-order valence-corrected chi connectivity index (χ1v) is 6.11. The Morgan fingerprint density at radius 2 is 1.84 bits per heavy atom. The number of hydrogen-bond donors (Lipinski definition) is 1. The zero-order valence-corrected chi connectivity index (χ0v) is 11.1. The molecule has 5 nitrogen and oxygen atoms in total. The fraction of sp³-hybridized carbons (Fsp3) is 0.429. The molecule has 1 N–H and O–H groups in total. The molecule has 0 spiro atoms. The molecule has 0 amide bonds. The lowest BCUT2D eigenvalue weighted by Gasteiger charge is -2.07. The van der Waals surface area contributed by atoms with Crippen LogP contribution >= 0.6 is 0 Å². The van der Waals surface area contributed by atoms with E-state index in [0.29, 0.717) is 18.3 Å². The number of carbonyl (C=O) groups is 2. The average Bonchev–Trinajstić information content (AvgIpc) is 2.35. The van der Waals surface area contributed by atoms with Crippen LogP contribution in [0.5, 0.6) is 5.75 Å². The normalized spacial score (nSPS) is 10.5. The molecule has 0 aliphatic carbocycles. The number of benzene rings is 1. The summed E-state index contributed by atoms with van der Waals surface area (Å²) in [6.45, 7) is 4.56. The van der Waals surface area contributed by atoms with Crippen molar-refractivity contribution in [3.8, 4) is 5.75 Å². The SMILES string of the molecule is CC(C)CCOCC(=O)Oc1ccc(C(=O)O)cc1. The van der Waals surface area contributed by atoms with Crippen molar-refractivity contribution in [2.24, 2.45) is 5.92 Å². The highest BCUT2D eigenvalue weighted by Crippen LogP contribution is 2.12. The van der Waals surface area contributed by atoms with Crippen molar-refractivity contribution < 1.29 is 24.2 Å². The largest absolute Gasteiger partial charge is 0.478 e. The van der Waals surface area contributed by atoms with Crippen molar-refractivity contribution >= 4 is 11.9 Å². The van der Waals surface area contributed by atoms with Crippen molar-refractivity contribution in [1.82, 2.24) is 0 Å². The molecular weight excluding hydrogens is 248 g/mol. The van der Waals surface area contributed by atoms with E-state index < -0.39 is 11.9 Å². The van der Waals surface area contributed by atoms with Crippen LogP contribution in [0, 0.1) is 5.92 Å². The fourth-order valence-electron chi connectivity index (χ4n) is 1.30. The lowest BCUT2D eigenvalue weighted by Crippen LogP contribution is -2.16. The summed E-state index contributed by atoms with van der Waals surface area (Å²) in [6, 6.07) is 5.64. The van der Waals surface area contributed by atoms with Gasteiger partial charge in [0.1, 0.15) is 12.4 Å². The Kier molecular flexibility index (Phi) is 6.02. The van der Waals surface area contributed by atoms with Crippen molar-refractivity contribution in [2.45, 2.75) is 20.3 Å². The molecule has 104 valence electrons. The van der Waals surface area contributed by atoms with Crippen molar-refractivity contribution in [3.63, 3.8) is 0 Å². The summed E-state index contributed by atoms with van der Waals surface area (Å²) in [7, 11) is 0. The van der Waals surface area contributed by atoms with Gasteiger partial charge in [-0.25, -0.2) is 9.59 Å². The number of hydrogen-bond acceptors (Lipinski definition) is 4. The van der Waals surface area contributed by atoms with Crippen molar-refractivity contribution in [2.75, 3.05) is 13.2 Å². The zero-order valence-electron chi connectivity index (χ0n) is 11.1. The van der Waals surface area contributed by atoms with E-state index >= 15 is 0 Å². The topological polar surface area (TPSA) is 72.8 Å². The van der Waals surface area contributed by atoms with Crippen LogP contribution in [0.4, 0.5) is 0 Å². The molecule has 0 radical (unpaired) electrons. The molecule has 0 atom stereocenters. The van der Waals surface area contributed by atoms with Crippen LogP contribution in [-0.2, 0) is 9.53 Å². The van der Waals surface area contributed by atoms with Crippen LogP contribution in [0.15, 0.2) is 24.3 Å². The maximum atomic E-state index is 11.4. The average molecular weight is 266 g/mol. The van der Waals surface area contributed by atoms with Gasteiger partial charge in [-0.15, -0.1) is 0 Å². The van der Waals surface area contributed by atoms with E-state index in [4.69, 9.17) is 14.6 Å². The van der Waals surface area contributed by atoms with Crippen LogP contribution in [0.1, 0.15) is 30.6 Å². The summed E-state index contributed by atoms with van der Waals surface area (Å²) in [4.78, 5) is 22.0. The molecule has 0 aliphatic rings. The minimum atomic E-state index is -1.02. The third-order valence-corrected chi connectivity index (χ3v) is 2.39. The van der Waals surface area contributed by atoms with Gasteiger partial charge in [-0.1, -0.05) is 13.8 Å². The molecule has 1 rings (SSSR count). The predicted molar refractivity (Wildman–Crippen MR) is 69.3 cm³/mol. The van der Waals surface area contributed by atoms with E-state index in [9.17, 15) is 9.59 Å². The second kappa shape index (κ2) is 7.53. The quantitative estimate of drug-likeness (QED) is 0.466. The molecule has 1 aromatic carbocycles. The van der Waals surface area contributed by atoms with Gasteiger partial charge in [0, 0.05) is 6.61 Å². The van der Waals surface area contributed by atoms with Gasteiger partial charge in [-0.2, -0.15) is 0 Å². The molecule has 0 saturated carbocycles. The molecule has 0 saturated heterocycles. The molecule has 0 unspecified atom stereocenters. The zero-order chi connectivity index (χ0) is 14.3. The highest BCUT2D eigenvalue weighted by Gasteiger charge is 2.07. The Hall–Kier alpha value is -1.88. The Morgan fingerprint density at radius 1 is 1.21 bits per heavy atom. The highest BCUT2D eigenvalue weighted by atomic mass is 16.6. The summed E-state index contributed by atoms with van der Waals surface area (Å²) in [5.74, 6) is -0.677. The fourth-order valence-corrected chi connectivity index (χ4v) is 1.30. The molecular formula is C14H18O5. The van der Waals surface area contributed by atoms with Gasteiger partial charge in [-0.05, 0) is 36.6 Å². The third-order valence-electron chi connectivity index (χ3n) is 2.39. The maximum Gasteiger partial charge on any atom is 0.337 e. The van der Waals surface area contributed by atoms with Crippen LogP contribution in [0.25, 0.3) is 0 Å². The number of ether oxygens (including phenoxy) is 2. The summed E-state index contributed by atoms with van der Waals surface area (Å²) < 4.78 is 10.2. The Morgan fingerprint density at radius 3 is 2.37 bits per heavy atom. The van der Waals surface area contributed by atoms with E-state index in [1.54, 1.807) is 0 Å². The first-order chi connectivity index (χ1) is 8.99. The van der Waals surface area contributed by atoms with Gasteiger partial charge in [0.05, 0.1) is 5.56 Å². The van der Waals surface area contributed by atoms with Gasteiger partial charge in [0.25, 0.3) is 0 Å². The first-order valence-electron chi connectivity index (χ1n) is 6.11. The standard InChI is InChI=1S/C14H18O5/c1-10(2)7-8-18-9-13(15)19-12-5-3-11(4-6-12)14(16)17/h3-6,10H,7-9H2,1-2H3,(H,16,17). The monoisotopic (exact) mass is 266 g/mol. The third kappa shape index (κ3) is 6.01. The number of esters is 1. The molecule has 0 fully saturated rings. The van der Waals surface area contributed by atoms with Crippen molar-refractivity contribution in [3.05, 3.63) is 29.8 Å². The number of aromatic carboxylic acids is 1. The van der Waals surface area contributed by atoms with Crippen molar-refractivity contribution in [1.29, 1.82) is 0 Å². The van der Waals surface area contributed by atoms with Crippen LogP contribution < -0.4 is 4.74 Å². The van der Waals surface area contributed by atoms with E-state index in [1.165, 1.54) is 24.3 Å². The molecule has 1 aromatic rings. The van der Waals surface area contributed by atoms with Crippen LogP contribution in [0.2, 0.25) is 0 Å². The highest BCUT2D eigenvalue weighted by molar-refractivity contribution is 5.87. The van der Waals surface area contributed by atoms with Crippen LogP contribution in [0.3, 0.4) is 0 Å². The lowest BCUT2D eigenvalue weighted by atomic mass is 10.1. The van der Waals surface area contributed by atoms with E-state index in [-0.39, 0.29) is 12.2 Å². The second-order valence-electron chi connectivity index (χ2n) is 4.54.